The third kappa shape index (κ3) is 5.83. The third-order valence-corrected chi connectivity index (χ3v) is 7.15. The van der Waals surface area contributed by atoms with E-state index in [0.29, 0.717) is 25.2 Å². The highest BCUT2D eigenvalue weighted by Crippen LogP contribution is 2.25. The Hall–Kier alpha value is -3.79. The molecule has 8 nitrogen and oxygen atoms in total. The molecule has 0 saturated carbocycles. The molecule has 2 heterocycles. The molecule has 1 atom stereocenters. The molecule has 0 aliphatic carbocycles. The summed E-state index contributed by atoms with van der Waals surface area (Å²) in [5.74, 6) is -1.12. The van der Waals surface area contributed by atoms with E-state index in [1.807, 2.05) is 13.0 Å². The minimum absolute atomic E-state index is 0.109. The van der Waals surface area contributed by atoms with Gasteiger partial charge >= 0.3 is 0 Å². The second-order valence-electron chi connectivity index (χ2n) is 8.41. The maximum Gasteiger partial charge on any atom is 0.261 e. The molecule has 35 heavy (non-hydrogen) atoms. The predicted octanol–water partition coefficient (Wildman–Crippen LogP) is 3.82. The van der Waals surface area contributed by atoms with Gasteiger partial charge in [-0.1, -0.05) is 18.2 Å². The Kier molecular flexibility index (Phi) is 7.11. The number of likely N-dealkylation sites (tertiary alicyclic amines) is 1. The quantitative estimate of drug-likeness (QED) is 0.539. The van der Waals surface area contributed by atoms with Crippen LogP contribution in [0.4, 0.5) is 15.9 Å². The van der Waals surface area contributed by atoms with E-state index in [0.717, 1.165) is 29.8 Å². The first-order valence-corrected chi connectivity index (χ1v) is 12.6. The van der Waals surface area contributed by atoms with Gasteiger partial charge in [-0.3, -0.25) is 14.3 Å². The number of anilines is 2. The van der Waals surface area contributed by atoms with Crippen LogP contribution in [0.2, 0.25) is 0 Å². The van der Waals surface area contributed by atoms with Crippen molar-refractivity contribution in [2.75, 3.05) is 23.1 Å². The number of piperidine rings is 1. The lowest BCUT2D eigenvalue weighted by Crippen LogP contribution is -2.44. The van der Waals surface area contributed by atoms with Gasteiger partial charge in [-0.25, -0.2) is 17.8 Å². The maximum absolute atomic E-state index is 13.3. The molecule has 1 unspecified atom stereocenters. The Balaban J connectivity index is 1.48. The first-order chi connectivity index (χ1) is 16.7. The molecule has 0 radical (unpaired) electrons. The summed E-state index contributed by atoms with van der Waals surface area (Å²) in [6.45, 7) is 2.56. The molecular formula is C25H25FN4O4S. The Bertz CT molecular complexity index is 1330. The normalized spacial score (nSPS) is 15.9. The fraction of sp³-hybridized carbons (Fsp3) is 0.240. The zero-order chi connectivity index (χ0) is 25.0. The highest BCUT2D eigenvalue weighted by Gasteiger charge is 2.30. The fourth-order valence-electron chi connectivity index (χ4n) is 3.89. The topological polar surface area (TPSA) is 108 Å². The van der Waals surface area contributed by atoms with Crippen molar-refractivity contribution in [3.8, 4) is 0 Å². The molecule has 182 valence electrons. The number of benzene rings is 2. The van der Waals surface area contributed by atoms with Gasteiger partial charge in [0.1, 0.15) is 11.6 Å². The van der Waals surface area contributed by atoms with Crippen LogP contribution >= 0.6 is 0 Å². The summed E-state index contributed by atoms with van der Waals surface area (Å²) in [5.41, 5.74) is 1.25. The van der Waals surface area contributed by atoms with E-state index in [1.165, 1.54) is 12.1 Å². The number of pyridine rings is 1. The third-order valence-electron chi connectivity index (χ3n) is 5.77. The molecule has 1 aromatic heterocycles. The van der Waals surface area contributed by atoms with Gasteiger partial charge in [-0.05, 0) is 67.8 Å². The van der Waals surface area contributed by atoms with E-state index < -0.39 is 21.8 Å². The zero-order valence-corrected chi connectivity index (χ0v) is 19.9. The van der Waals surface area contributed by atoms with E-state index in [1.54, 1.807) is 29.3 Å². The number of sulfonamides is 1. The Labute approximate surface area is 203 Å². The van der Waals surface area contributed by atoms with E-state index in [2.05, 4.69) is 15.0 Å². The highest BCUT2D eigenvalue weighted by atomic mass is 32.2. The number of carbonyl (C=O) groups is 2. The standard InChI is InChI=1S/C25H25FN4O4S/c1-17-8-13-23(27-15-17)28-24(31)18-5-4-14-30(16-18)25(32)21-6-2-3-7-22(21)29-35(33,34)20-11-9-19(26)10-12-20/h2-3,6-13,15,18,29H,4-5,14,16H2,1H3,(H,27,28,31). The molecule has 1 aliphatic heterocycles. The van der Waals surface area contributed by atoms with Crippen LogP contribution in [0.3, 0.4) is 0 Å². The predicted molar refractivity (Wildman–Crippen MR) is 130 cm³/mol. The number of carbonyl (C=O) groups excluding carboxylic acids is 2. The van der Waals surface area contributed by atoms with Crippen LogP contribution in [0, 0.1) is 18.7 Å². The number of aryl methyl sites for hydroxylation is 1. The summed E-state index contributed by atoms with van der Waals surface area (Å²) in [6.07, 6.45) is 2.92. The number of aromatic nitrogens is 1. The Morgan fingerprint density at radius 3 is 2.51 bits per heavy atom. The first-order valence-electron chi connectivity index (χ1n) is 11.1. The molecule has 2 amide bonds. The SMILES string of the molecule is Cc1ccc(NC(=O)C2CCCN(C(=O)c3ccccc3NS(=O)(=O)c3ccc(F)cc3)C2)nc1. The lowest BCUT2D eigenvalue weighted by molar-refractivity contribution is -0.121. The number of rotatable bonds is 6. The molecule has 2 aromatic carbocycles. The Morgan fingerprint density at radius 2 is 1.80 bits per heavy atom. The van der Waals surface area contributed by atoms with Crippen molar-refractivity contribution in [1.29, 1.82) is 0 Å². The first kappa shape index (κ1) is 24.3. The van der Waals surface area contributed by atoms with Gasteiger partial charge in [-0.15, -0.1) is 0 Å². The van der Waals surface area contributed by atoms with E-state index in [9.17, 15) is 22.4 Å². The second kappa shape index (κ2) is 10.2. The minimum Gasteiger partial charge on any atom is -0.338 e. The van der Waals surface area contributed by atoms with Gasteiger partial charge in [0, 0.05) is 19.3 Å². The lowest BCUT2D eigenvalue weighted by Gasteiger charge is -2.32. The fourth-order valence-corrected chi connectivity index (χ4v) is 4.97. The van der Waals surface area contributed by atoms with Crippen molar-refractivity contribution in [2.24, 2.45) is 5.92 Å². The summed E-state index contributed by atoms with van der Waals surface area (Å²) >= 11 is 0. The molecule has 3 aromatic rings. The van der Waals surface area contributed by atoms with Gasteiger partial charge in [-0.2, -0.15) is 0 Å². The van der Waals surface area contributed by atoms with Crippen molar-refractivity contribution in [2.45, 2.75) is 24.7 Å². The van der Waals surface area contributed by atoms with Crippen LogP contribution in [-0.4, -0.2) is 43.2 Å². The number of hydrogen-bond acceptors (Lipinski definition) is 5. The van der Waals surface area contributed by atoms with Gasteiger partial charge in [0.25, 0.3) is 15.9 Å². The Morgan fingerprint density at radius 1 is 1.06 bits per heavy atom. The summed E-state index contributed by atoms with van der Waals surface area (Å²) in [5, 5.41) is 2.80. The summed E-state index contributed by atoms with van der Waals surface area (Å²) in [4.78, 5) is 31.8. The summed E-state index contributed by atoms with van der Waals surface area (Å²) in [6, 6.07) is 14.3. The van der Waals surface area contributed by atoms with Crippen LogP contribution in [0.15, 0.2) is 71.8 Å². The number of nitrogens with one attached hydrogen (secondary N) is 2. The second-order valence-corrected chi connectivity index (χ2v) is 10.1. The van der Waals surface area contributed by atoms with Crippen LogP contribution in [-0.2, 0) is 14.8 Å². The van der Waals surface area contributed by atoms with Crippen molar-refractivity contribution >= 4 is 33.3 Å². The van der Waals surface area contributed by atoms with Crippen LogP contribution in [0.5, 0.6) is 0 Å². The van der Waals surface area contributed by atoms with Gasteiger partial charge in [0.05, 0.1) is 22.1 Å². The molecule has 0 spiro atoms. The van der Waals surface area contributed by atoms with Crippen molar-refractivity contribution in [3.05, 3.63) is 83.8 Å². The van der Waals surface area contributed by atoms with E-state index in [4.69, 9.17) is 0 Å². The van der Waals surface area contributed by atoms with Crippen LogP contribution in [0.1, 0.15) is 28.8 Å². The average molecular weight is 497 g/mol. The maximum atomic E-state index is 13.3. The molecular weight excluding hydrogens is 471 g/mol. The van der Waals surface area contributed by atoms with Crippen molar-refractivity contribution < 1.29 is 22.4 Å². The molecule has 2 N–H and O–H groups in total. The average Bonchev–Trinajstić information content (AvgIpc) is 2.85. The van der Waals surface area contributed by atoms with Crippen molar-refractivity contribution in [3.63, 3.8) is 0 Å². The largest absolute Gasteiger partial charge is 0.338 e. The van der Waals surface area contributed by atoms with Gasteiger partial charge in [0.2, 0.25) is 5.91 Å². The number of amides is 2. The lowest BCUT2D eigenvalue weighted by atomic mass is 9.96. The van der Waals surface area contributed by atoms with Gasteiger partial charge < -0.3 is 10.2 Å². The molecule has 4 rings (SSSR count). The molecule has 10 heteroatoms. The van der Waals surface area contributed by atoms with Gasteiger partial charge in [0.15, 0.2) is 0 Å². The summed E-state index contributed by atoms with van der Waals surface area (Å²) in [7, 11) is -4.04. The summed E-state index contributed by atoms with van der Waals surface area (Å²) < 4.78 is 41.2. The van der Waals surface area contributed by atoms with E-state index in [-0.39, 0.29) is 34.5 Å². The number of halogens is 1. The molecule has 1 fully saturated rings. The highest BCUT2D eigenvalue weighted by molar-refractivity contribution is 7.92. The molecule has 1 saturated heterocycles. The number of nitrogens with zero attached hydrogens (tertiary/aromatic N) is 2. The van der Waals surface area contributed by atoms with Crippen LogP contribution in [0.25, 0.3) is 0 Å². The molecule has 0 bridgehead atoms. The van der Waals surface area contributed by atoms with E-state index >= 15 is 0 Å². The monoisotopic (exact) mass is 496 g/mol. The van der Waals surface area contributed by atoms with Crippen LogP contribution < -0.4 is 10.0 Å². The number of para-hydroxylation sites is 1. The zero-order valence-electron chi connectivity index (χ0n) is 19.1. The minimum atomic E-state index is -4.04. The smallest absolute Gasteiger partial charge is 0.261 e. The van der Waals surface area contributed by atoms with Crippen molar-refractivity contribution in [1.82, 2.24) is 9.88 Å². The molecule has 1 aliphatic rings. The number of hydrogen-bond donors (Lipinski definition) is 2.